The lowest BCUT2D eigenvalue weighted by Gasteiger charge is -2.38. The molecule has 0 amide bonds. The SMILES string of the molecule is C[C@H](C[C@@H](O)/C=C/C=C/CCO[Si](C)(C)C(C)(C)C)O[Si](C)(C)C(C)(C)C. The molecule has 0 spiro atoms. The zero-order valence-electron chi connectivity index (χ0n) is 19.8. The quantitative estimate of drug-likeness (QED) is 0.246. The zero-order valence-corrected chi connectivity index (χ0v) is 21.8. The predicted octanol–water partition coefficient (Wildman–Crippen LogP) is 6.67. The van der Waals surface area contributed by atoms with Crippen molar-refractivity contribution in [2.24, 2.45) is 0 Å². The first-order valence-electron chi connectivity index (χ1n) is 10.3. The summed E-state index contributed by atoms with van der Waals surface area (Å²) in [7, 11) is -3.42. The molecule has 0 aromatic carbocycles. The summed E-state index contributed by atoms with van der Waals surface area (Å²) >= 11 is 0. The Balaban J connectivity index is 4.24. The highest BCUT2D eigenvalue weighted by atomic mass is 28.4. The van der Waals surface area contributed by atoms with Gasteiger partial charge in [-0.15, -0.1) is 0 Å². The second-order valence-corrected chi connectivity index (χ2v) is 20.3. The molecule has 0 rings (SSSR count). The van der Waals surface area contributed by atoms with Gasteiger partial charge in [-0.05, 0) is 49.6 Å². The van der Waals surface area contributed by atoms with Crippen molar-refractivity contribution < 1.29 is 14.0 Å². The summed E-state index contributed by atoms with van der Waals surface area (Å²) in [5.74, 6) is 0. The predicted molar refractivity (Wildman–Crippen MR) is 124 cm³/mol. The lowest BCUT2D eigenvalue weighted by Crippen LogP contribution is -2.43. The van der Waals surface area contributed by atoms with Crippen LogP contribution in [0.1, 0.15) is 61.3 Å². The second-order valence-electron chi connectivity index (χ2n) is 10.7. The minimum absolute atomic E-state index is 0.0625. The van der Waals surface area contributed by atoms with Crippen LogP contribution in [-0.2, 0) is 8.85 Å². The molecule has 1 N–H and O–H groups in total. The van der Waals surface area contributed by atoms with E-state index in [0.29, 0.717) is 6.42 Å². The van der Waals surface area contributed by atoms with Crippen molar-refractivity contribution in [3.63, 3.8) is 0 Å². The van der Waals surface area contributed by atoms with E-state index in [2.05, 4.69) is 80.7 Å². The lowest BCUT2D eigenvalue weighted by atomic mass is 10.1. The van der Waals surface area contributed by atoms with Gasteiger partial charge in [0.15, 0.2) is 16.6 Å². The highest BCUT2D eigenvalue weighted by molar-refractivity contribution is 6.74. The van der Waals surface area contributed by atoms with Gasteiger partial charge in [0, 0.05) is 19.1 Å². The Labute approximate surface area is 171 Å². The molecule has 0 saturated heterocycles. The molecule has 0 fully saturated rings. The maximum absolute atomic E-state index is 10.2. The van der Waals surface area contributed by atoms with Gasteiger partial charge in [0.2, 0.25) is 0 Å². The van der Waals surface area contributed by atoms with Crippen LogP contribution in [0.3, 0.4) is 0 Å². The average Bonchev–Trinajstić information content (AvgIpc) is 2.42. The molecular weight excluding hydrogens is 368 g/mol. The third-order valence-electron chi connectivity index (χ3n) is 6.01. The summed E-state index contributed by atoms with van der Waals surface area (Å²) in [5, 5.41) is 10.7. The fourth-order valence-corrected chi connectivity index (χ4v) is 4.63. The molecule has 27 heavy (non-hydrogen) atoms. The fraction of sp³-hybridized carbons (Fsp3) is 0.818. The van der Waals surface area contributed by atoms with Crippen molar-refractivity contribution in [2.75, 3.05) is 6.61 Å². The molecule has 0 aromatic heterocycles. The van der Waals surface area contributed by atoms with E-state index in [1.165, 1.54) is 0 Å². The van der Waals surface area contributed by atoms with Gasteiger partial charge in [0.05, 0.1) is 6.10 Å². The molecule has 0 aliphatic rings. The van der Waals surface area contributed by atoms with E-state index in [0.717, 1.165) is 13.0 Å². The highest BCUT2D eigenvalue weighted by Gasteiger charge is 2.38. The first-order valence-corrected chi connectivity index (χ1v) is 16.1. The maximum atomic E-state index is 10.2. The molecule has 0 heterocycles. The van der Waals surface area contributed by atoms with E-state index >= 15 is 0 Å². The van der Waals surface area contributed by atoms with E-state index in [9.17, 15) is 5.11 Å². The van der Waals surface area contributed by atoms with Crippen LogP contribution in [0.4, 0.5) is 0 Å². The average molecular weight is 415 g/mol. The van der Waals surface area contributed by atoms with Gasteiger partial charge in [0.25, 0.3) is 0 Å². The lowest BCUT2D eigenvalue weighted by molar-refractivity contribution is 0.122. The number of aliphatic hydroxyl groups excluding tert-OH is 1. The number of rotatable bonds is 10. The van der Waals surface area contributed by atoms with Crippen LogP contribution in [0.5, 0.6) is 0 Å². The molecule has 0 unspecified atom stereocenters. The van der Waals surface area contributed by atoms with Gasteiger partial charge in [-0.25, -0.2) is 0 Å². The summed E-state index contributed by atoms with van der Waals surface area (Å²) in [6, 6.07) is 0. The van der Waals surface area contributed by atoms with Gasteiger partial charge in [0.1, 0.15) is 0 Å². The zero-order chi connectivity index (χ0) is 21.5. The van der Waals surface area contributed by atoms with E-state index < -0.39 is 22.7 Å². The molecule has 2 atom stereocenters. The van der Waals surface area contributed by atoms with Crippen LogP contribution in [0.2, 0.25) is 36.3 Å². The van der Waals surface area contributed by atoms with Crippen molar-refractivity contribution in [3.05, 3.63) is 24.3 Å². The molecule has 0 bridgehead atoms. The third kappa shape index (κ3) is 10.2. The molecule has 3 nitrogen and oxygen atoms in total. The first-order chi connectivity index (χ1) is 12.0. The molecule has 0 saturated carbocycles. The summed E-state index contributed by atoms with van der Waals surface area (Å²) < 4.78 is 12.5. The molecule has 0 aliphatic heterocycles. The normalized spacial score (nSPS) is 17.0. The fourth-order valence-electron chi connectivity index (χ4n) is 2.11. The van der Waals surface area contributed by atoms with E-state index in [-0.39, 0.29) is 16.2 Å². The van der Waals surface area contributed by atoms with Crippen molar-refractivity contribution >= 4 is 16.6 Å². The Bertz CT molecular complexity index is 483. The molecular formula is C22H46O3Si2. The number of allylic oxidation sites excluding steroid dienone is 2. The summed E-state index contributed by atoms with van der Waals surface area (Å²) in [6.45, 7) is 25.4. The van der Waals surface area contributed by atoms with Gasteiger partial charge >= 0.3 is 0 Å². The summed E-state index contributed by atoms with van der Waals surface area (Å²) in [4.78, 5) is 0. The minimum atomic E-state index is -1.78. The van der Waals surface area contributed by atoms with Crippen LogP contribution in [-0.4, -0.2) is 40.6 Å². The summed E-state index contributed by atoms with van der Waals surface area (Å²) in [6.07, 6.45) is 8.99. The number of hydrogen-bond donors (Lipinski definition) is 1. The second kappa shape index (κ2) is 10.5. The number of hydrogen-bond acceptors (Lipinski definition) is 3. The Kier molecular flexibility index (Phi) is 10.5. The molecule has 0 aromatic rings. The van der Waals surface area contributed by atoms with Gasteiger partial charge in [-0.3, -0.25) is 0 Å². The van der Waals surface area contributed by atoms with E-state index in [1.54, 1.807) is 0 Å². The van der Waals surface area contributed by atoms with Crippen LogP contribution >= 0.6 is 0 Å². The summed E-state index contributed by atoms with van der Waals surface area (Å²) in [5.41, 5.74) is 0. The molecule has 5 heteroatoms. The van der Waals surface area contributed by atoms with Crippen LogP contribution in [0, 0.1) is 0 Å². The largest absolute Gasteiger partial charge is 0.417 e. The van der Waals surface area contributed by atoms with Crippen LogP contribution in [0.15, 0.2) is 24.3 Å². The molecule has 160 valence electrons. The van der Waals surface area contributed by atoms with Gasteiger partial charge in [-0.2, -0.15) is 0 Å². The third-order valence-corrected chi connectivity index (χ3v) is 15.2. The van der Waals surface area contributed by atoms with E-state index in [4.69, 9.17) is 8.85 Å². The Morgan fingerprint density at radius 3 is 1.89 bits per heavy atom. The molecule has 0 aliphatic carbocycles. The Hall–Kier alpha value is -0.206. The van der Waals surface area contributed by atoms with Crippen molar-refractivity contribution in [1.29, 1.82) is 0 Å². The van der Waals surface area contributed by atoms with E-state index in [1.807, 2.05) is 18.2 Å². The monoisotopic (exact) mass is 414 g/mol. The van der Waals surface area contributed by atoms with Crippen molar-refractivity contribution in [2.45, 2.75) is 110 Å². The highest BCUT2D eigenvalue weighted by Crippen LogP contribution is 2.38. The van der Waals surface area contributed by atoms with Crippen molar-refractivity contribution in [1.82, 2.24) is 0 Å². The van der Waals surface area contributed by atoms with Gasteiger partial charge in [-0.1, -0.05) is 65.8 Å². The standard InChI is InChI=1S/C22H46O3Si2/c1-19(25-27(10,11)22(5,6)7)18-20(23)16-14-12-13-15-17-24-26(8,9)21(2,3)4/h12-14,16,19-20,23H,15,17-18H2,1-11H3/b13-12+,16-14+/t19-,20+/m1/s1. The first kappa shape index (κ1) is 26.8. The maximum Gasteiger partial charge on any atom is 0.192 e. The Morgan fingerprint density at radius 2 is 1.41 bits per heavy atom. The molecule has 0 radical (unpaired) electrons. The van der Waals surface area contributed by atoms with Gasteiger partial charge < -0.3 is 14.0 Å². The van der Waals surface area contributed by atoms with Crippen molar-refractivity contribution in [3.8, 4) is 0 Å². The topological polar surface area (TPSA) is 38.7 Å². The van der Waals surface area contributed by atoms with Crippen LogP contribution in [0.25, 0.3) is 0 Å². The smallest absolute Gasteiger partial charge is 0.192 e. The number of aliphatic hydroxyl groups is 1. The minimum Gasteiger partial charge on any atom is -0.417 e. The Morgan fingerprint density at radius 1 is 0.889 bits per heavy atom. The van der Waals surface area contributed by atoms with Crippen LogP contribution < -0.4 is 0 Å².